The summed E-state index contributed by atoms with van der Waals surface area (Å²) in [7, 11) is 0. The second-order valence-corrected chi connectivity index (χ2v) is 5.94. The monoisotopic (exact) mass is 319 g/mol. The van der Waals surface area contributed by atoms with E-state index in [2.05, 4.69) is 10.1 Å². The molecule has 0 spiro atoms. The largest absolute Gasteiger partial charge is 0.339 e. The average Bonchev–Trinajstić information content (AvgIpc) is 3.04. The minimum atomic E-state index is 0.0246. The normalized spacial score (nSPS) is 18.5. The number of amides is 1. The van der Waals surface area contributed by atoms with Crippen molar-refractivity contribution in [3.05, 3.63) is 46.6 Å². The first-order valence-corrected chi connectivity index (χ1v) is 7.92. The summed E-state index contributed by atoms with van der Waals surface area (Å²) in [5.74, 6) is 1.51. The summed E-state index contributed by atoms with van der Waals surface area (Å²) in [6.45, 7) is 3.37. The molecule has 2 aromatic rings. The van der Waals surface area contributed by atoms with Gasteiger partial charge in [0.15, 0.2) is 5.82 Å². The first kappa shape index (κ1) is 15.0. The van der Waals surface area contributed by atoms with Gasteiger partial charge in [-0.25, -0.2) is 0 Å². The van der Waals surface area contributed by atoms with Crippen LogP contribution in [0.5, 0.6) is 0 Å². The Balaban J connectivity index is 1.72. The molecule has 2 heterocycles. The zero-order valence-electron chi connectivity index (χ0n) is 12.5. The van der Waals surface area contributed by atoms with Gasteiger partial charge in [-0.2, -0.15) is 4.98 Å². The molecule has 0 N–H and O–H groups in total. The molecule has 1 aliphatic heterocycles. The Morgan fingerprint density at radius 2 is 2.18 bits per heavy atom. The van der Waals surface area contributed by atoms with Crippen LogP contribution in [0, 0.1) is 0 Å². The van der Waals surface area contributed by atoms with E-state index in [0.29, 0.717) is 23.0 Å². The van der Waals surface area contributed by atoms with Crippen molar-refractivity contribution in [3.8, 4) is 0 Å². The number of hydrogen-bond donors (Lipinski definition) is 0. The summed E-state index contributed by atoms with van der Waals surface area (Å²) < 4.78 is 5.33. The highest BCUT2D eigenvalue weighted by Crippen LogP contribution is 2.27. The van der Waals surface area contributed by atoms with E-state index in [1.807, 2.05) is 11.8 Å². The number of aryl methyl sites for hydroxylation is 1. The van der Waals surface area contributed by atoms with E-state index in [4.69, 9.17) is 16.1 Å². The van der Waals surface area contributed by atoms with Gasteiger partial charge in [-0.3, -0.25) is 4.79 Å². The molecular formula is C16H18ClN3O2. The molecule has 22 heavy (non-hydrogen) atoms. The van der Waals surface area contributed by atoms with Gasteiger partial charge in [-0.1, -0.05) is 23.7 Å². The maximum Gasteiger partial charge on any atom is 0.253 e. The maximum atomic E-state index is 12.6. The SMILES string of the molecule is CCc1noc(C2CCCN(C(=O)c3ccc(Cl)cc3)C2)n1. The van der Waals surface area contributed by atoms with E-state index < -0.39 is 0 Å². The molecule has 1 atom stereocenters. The fourth-order valence-electron chi connectivity index (χ4n) is 2.72. The van der Waals surface area contributed by atoms with E-state index in [1.54, 1.807) is 24.3 Å². The van der Waals surface area contributed by atoms with Crippen molar-refractivity contribution >= 4 is 17.5 Å². The van der Waals surface area contributed by atoms with Gasteiger partial charge in [0.05, 0.1) is 5.92 Å². The second-order valence-electron chi connectivity index (χ2n) is 5.50. The maximum absolute atomic E-state index is 12.6. The van der Waals surface area contributed by atoms with E-state index >= 15 is 0 Å². The summed E-state index contributed by atoms with van der Waals surface area (Å²) >= 11 is 5.87. The van der Waals surface area contributed by atoms with E-state index in [-0.39, 0.29) is 11.8 Å². The van der Waals surface area contributed by atoms with Gasteiger partial charge < -0.3 is 9.42 Å². The predicted molar refractivity (Wildman–Crippen MR) is 83.0 cm³/mol. The molecule has 5 nitrogen and oxygen atoms in total. The van der Waals surface area contributed by atoms with Crippen LogP contribution in [0.25, 0.3) is 0 Å². The number of likely N-dealkylation sites (tertiary alicyclic amines) is 1. The minimum absolute atomic E-state index is 0.0246. The third-order valence-electron chi connectivity index (χ3n) is 3.95. The number of hydrogen-bond acceptors (Lipinski definition) is 4. The Morgan fingerprint density at radius 3 is 2.86 bits per heavy atom. The Morgan fingerprint density at radius 1 is 1.41 bits per heavy atom. The summed E-state index contributed by atoms with van der Waals surface area (Å²) in [6.07, 6.45) is 2.66. The summed E-state index contributed by atoms with van der Waals surface area (Å²) in [5, 5.41) is 4.57. The molecule has 116 valence electrons. The van der Waals surface area contributed by atoms with E-state index in [1.165, 1.54) is 0 Å². The lowest BCUT2D eigenvalue weighted by molar-refractivity contribution is 0.0695. The van der Waals surface area contributed by atoms with E-state index in [9.17, 15) is 4.79 Å². The van der Waals surface area contributed by atoms with Crippen molar-refractivity contribution in [1.29, 1.82) is 0 Å². The Kier molecular flexibility index (Phi) is 4.43. The Labute approximate surface area is 134 Å². The van der Waals surface area contributed by atoms with Crippen molar-refractivity contribution in [2.75, 3.05) is 13.1 Å². The molecule has 0 bridgehead atoms. The van der Waals surface area contributed by atoms with Crippen LogP contribution in [-0.2, 0) is 6.42 Å². The number of aromatic nitrogens is 2. The van der Waals surface area contributed by atoms with Crippen molar-refractivity contribution in [3.63, 3.8) is 0 Å². The van der Waals surface area contributed by atoms with Crippen LogP contribution >= 0.6 is 11.6 Å². The van der Waals surface area contributed by atoms with Gasteiger partial charge in [0.1, 0.15) is 0 Å². The lowest BCUT2D eigenvalue weighted by Crippen LogP contribution is -2.39. The molecule has 1 aromatic carbocycles. The third-order valence-corrected chi connectivity index (χ3v) is 4.20. The number of benzene rings is 1. The quantitative estimate of drug-likeness (QED) is 0.871. The lowest BCUT2D eigenvalue weighted by atomic mass is 9.97. The summed E-state index contributed by atoms with van der Waals surface area (Å²) in [4.78, 5) is 18.8. The molecular weight excluding hydrogens is 302 g/mol. The molecule has 1 saturated heterocycles. The average molecular weight is 320 g/mol. The van der Waals surface area contributed by atoms with Gasteiger partial charge in [0, 0.05) is 30.1 Å². The van der Waals surface area contributed by atoms with Crippen molar-refractivity contribution in [1.82, 2.24) is 15.0 Å². The molecule has 1 amide bonds. The van der Waals surface area contributed by atoms with Crippen LogP contribution in [0.3, 0.4) is 0 Å². The van der Waals surface area contributed by atoms with Crippen LogP contribution in [0.1, 0.15) is 47.8 Å². The molecule has 6 heteroatoms. The Hall–Kier alpha value is -1.88. The Bertz CT molecular complexity index is 654. The van der Waals surface area contributed by atoms with Gasteiger partial charge in [-0.15, -0.1) is 0 Å². The van der Waals surface area contributed by atoms with Gasteiger partial charge in [0.2, 0.25) is 5.89 Å². The topological polar surface area (TPSA) is 59.2 Å². The highest BCUT2D eigenvalue weighted by atomic mass is 35.5. The number of nitrogens with zero attached hydrogens (tertiary/aromatic N) is 3. The van der Waals surface area contributed by atoms with Crippen LogP contribution < -0.4 is 0 Å². The van der Waals surface area contributed by atoms with Gasteiger partial charge >= 0.3 is 0 Å². The number of carbonyl (C=O) groups is 1. The van der Waals surface area contributed by atoms with Crippen molar-refractivity contribution in [2.45, 2.75) is 32.1 Å². The fraction of sp³-hybridized carbons (Fsp3) is 0.438. The van der Waals surface area contributed by atoms with Crippen LogP contribution in [0.15, 0.2) is 28.8 Å². The smallest absolute Gasteiger partial charge is 0.253 e. The molecule has 1 aliphatic rings. The molecule has 0 aliphatic carbocycles. The van der Waals surface area contributed by atoms with Crippen LogP contribution in [0.2, 0.25) is 5.02 Å². The molecule has 3 rings (SSSR count). The minimum Gasteiger partial charge on any atom is -0.339 e. The zero-order valence-corrected chi connectivity index (χ0v) is 13.2. The van der Waals surface area contributed by atoms with Gasteiger partial charge in [-0.05, 0) is 37.1 Å². The lowest BCUT2D eigenvalue weighted by Gasteiger charge is -2.31. The molecule has 1 aromatic heterocycles. The third kappa shape index (κ3) is 3.14. The summed E-state index contributed by atoms with van der Waals surface area (Å²) in [5.41, 5.74) is 0.657. The van der Waals surface area contributed by atoms with Crippen molar-refractivity contribution in [2.24, 2.45) is 0 Å². The first-order chi connectivity index (χ1) is 10.7. The molecule has 0 radical (unpaired) electrons. The van der Waals surface area contributed by atoms with Crippen molar-refractivity contribution < 1.29 is 9.32 Å². The molecule has 1 fully saturated rings. The molecule has 1 unspecified atom stereocenters. The number of rotatable bonds is 3. The van der Waals surface area contributed by atoms with Gasteiger partial charge in [0.25, 0.3) is 5.91 Å². The fourth-order valence-corrected chi connectivity index (χ4v) is 2.84. The summed E-state index contributed by atoms with van der Waals surface area (Å²) in [6, 6.07) is 7.00. The zero-order chi connectivity index (χ0) is 15.5. The number of carbonyl (C=O) groups excluding carboxylic acids is 1. The standard InChI is InChI=1S/C16H18ClN3O2/c1-2-14-18-15(22-19-14)12-4-3-9-20(10-12)16(21)11-5-7-13(17)8-6-11/h5-8,12H,2-4,9-10H2,1H3. The highest BCUT2D eigenvalue weighted by Gasteiger charge is 2.28. The van der Waals surface area contributed by atoms with Crippen LogP contribution in [-0.4, -0.2) is 34.0 Å². The predicted octanol–water partition coefficient (Wildman–Crippen LogP) is 3.31. The highest BCUT2D eigenvalue weighted by molar-refractivity contribution is 6.30. The first-order valence-electron chi connectivity index (χ1n) is 7.54. The number of halogens is 1. The second kappa shape index (κ2) is 6.48. The van der Waals surface area contributed by atoms with Crippen LogP contribution in [0.4, 0.5) is 0 Å². The van der Waals surface area contributed by atoms with E-state index in [0.717, 1.165) is 31.6 Å². The molecule has 0 saturated carbocycles. The number of piperidine rings is 1.